The van der Waals surface area contributed by atoms with Crippen LogP contribution in [0.25, 0.3) is 10.9 Å². The smallest absolute Gasteiger partial charge is 0.0847 e. The number of hydrogen-bond acceptors (Lipinski definition) is 1. The standard InChI is InChI=1S/C10H7Br2N/c1-6-2-3-7-4-8(11)5-9(12)10(7)13-6/h2-5H,1H3. The summed E-state index contributed by atoms with van der Waals surface area (Å²) in [4.78, 5) is 4.45. The second-order valence-electron chi connectivity index (χ2n) is 2.91. The van der Waals surface area contributed by atoms with Crippen molar-refractivity contribution in [3.05, 3.63) is 38.9 Å². The number of rotatable bonds is 0. The van der Waals surface area contributed by atoms with Crippen molar-refractivity contribution >= 4 is 42.8 Å². The predicted octanol–water partition coefficient (Wildman–Crippen LogP) is 4.07. The van der Waals surface area contributed by atoms with Crippen LogP contribution in [0.2, 0.25) is 0 Å². The Bertz CT molecular complexity index is 466. The van der Waals surface area contributed by atoms with Crippen LogP contribution in [0, 0.1) is 6.92 Å². The molecule has 0 amide bonds. The van der Waals surface area contributed by atoms with E-state index in [-0.39, 0.29) is 0 Å². The van der Waals surface area contributed by atoms with Gasteiger partial charge in [-0.05, 0) is 41.1 Å². The highest BCUT2D eigenvalue weighted by molar-refractivity contribution is 9.11. The van der Waals surface area contributed by atoms with E-state index < -0.39 is 0 Å². The molecular weight excluding hydrogens is 294 g/mol. The van der Waals surface area contributed by atoms with Gasteiger partial charge >= 0.3 is 0 Å². The van der Waals surface area contributed by atoms with Gasteiger partial charge in [0.25, 0.3) is 0 Å². The van der Waals surface area contributed by atoms with Crippen LogP contribution < -0.4 is 0 Å². The maximum Gasteiger partial charge on any atom is 0.0847 e. The Morgan fingerprint density at radius 2 is 1.92 bits per heavy atom. The van der Waals surface area contributed by atoms with Gasteiger partial charge < -0.3 is 0 Å². The Morgan fingerprint density at radius 1 is 1.15 bits per heavy atom. The van der Waals surface area contributed by atoms with E-state index in [9.17, 15) is 0 Å². The lowest BCUT2D eigenvalue weighted by atomic mass is 10.2. The van der Waals surface area contributed by atoms with Crippen LogP contribution in [0.5, 0.6) is 0 Å². The molecule has 0 unspecified atom stereocenters. The number of halogens is 2. The minimum absolute atomic E-state index is 1.02. The van der Waals surface area contributed by atoms with Crippen LogP contribution in [-0.2, 0) is 0 Å². The number of benzene rings is 1. The van der Waals surface area contributed by atoms with Gasteiger partial charge in [0.15, 0.2) is 0 Å². The van der Waals surface area contributed by atoms with Gasteiger partial charge in [-0.2, -0.15) is 0 Å². The summed E-state index contributed by atoms with van der Waals surface area (Å²) in [5.74, 6) is 0. The van der Waals surface area contributed by atoms with Crippen LogP contribution in [0.15, 0.2) is 33.2 Å². The van der Waals surface area contributed by atoms with Gasteiger partial charge in [0.2, 0.25) is 0 Å². The van der Waals surface area contributed by atoms with Crippen LogP contribution in [0.1, 0.15) is 5.69 Å². The van der Waals surface area contributed by atoms with E-state index in [0.29, 0.717) is 0 Å². The molecule has 0 radical (unpaired) electrons. The van der Waals surface area contributed by atoms with E-state index in [2.05, 4.69) is 49.0 Å². The van der Waals surface area contributed by atoms with Crippen molar-refractivity contribution in [1.29, 1.82) is 0 Å². The van der Waals surface area contributed by atoms with Crippen LogP contribution >= 0.6 is 31.9 Å². The van der Waals surface area contributed by atoms with Crippen LogP contribution in [-0.4, -0.2) is 4.98 Å². The number of aryl methyl sites for hydroxylation is 1. The highest BCUT2D eigenvalue weighted by Gasteiger charge is 2.01. The monoisotopic (exact) mass is 299 g/mol. The molecule has 2 aromatic rings. The molecule has 0 spiro atoms. The van der Waals surface area contributed by atoms with E-state index in [1.54, 1.807) is 0 Å². The third-order valence-electron chi connectivity index (χ3n) is 1.85. The van der Waals surface area contributed by atoms with Gasteiger partial charge in [-0.3, -0.25) is 4.98 Å². The van der Waals surface area contributed by atoms with Crippen LogP contribution in [0.3, 0.4) is 0 Å². The number of fused-ring (bicyclic) bond motifs is 1. The van der Waals surface area contributed by atoms with E-state index in [1.165, 1.54) is 0 Å². The highest BCUT2D eigenvalue weighted by atomic mass is 79.9. The molecule has 0 saturated heterocycles. The van der Waals surface area contributed by atoms with Crippen LogP contribution in [0.4, 0.5) is 0 Å². The van der Waals surface area contributed by atoms with Crippen molar-refractivity contribution in [3.63, 3.8) is 0 Å². The molecule has 0 saturated carbocycles. The number of pyridine rings is 1. The molecule has 0 fully saturated rings. The minimum atomic E-state index is 1.02. The van der Waals surface area contributed by atoms with Crippen molar-refractivity contribution in [1.82, 2.24) is 4.98 Å². The molecule has 0 aliphatic carbocycles. The molecule has 0 aliphatic heterocycles. The van der Waals surface area contributed by atoms with E-state index >= 15 is 0 Å². The Morgan fingerprint density at radius 3 is 2.69 bits per heavy atom. The van der Waals surface area contributed by atoms with Gasteiger partial charge in [-0.25, -0.2) is 0 Å². The third-order valence-corrected chi connectivity index (χ3v) is 2.91. The van der Waals surface area contributed by atoms with E-state index in [0.717, 1.165) is 25.5 Å². The van der Waals surface area contributed by atoms with E-state index in [4.69, 9.17) is 0 Å². The van der Waals surface area contributed by atoms with Crippen molar-refractivity contribution in [2.45, 2.75) is 6.92 Å². The lowest BCUT2D eigenvalue weighted by molar-refractivity contribution is 1.25. The van der Waals surface area contributed by atoms with Crippen molar-refractivity contribution in [3.8, 4) is 0 Å². The fourth-order valence-corrected chi connectivity index (χ4v) is 2.60. The molecule has 3 heteroatoms. The fourth-order valence-electron chi connectivity index (χ4n) is 1.25. The van der Waals surface area contributed by atoms with Gasteiger partial charge in [-0.15, -0.1) is 0 Å². The second-order valence-corrected chi connectivity index (χ2v) is 4.68. The van der Waals surface area contributed by atoms with Crippen molar-refractivity contribution in [2.75, 3.05) is 0 Å². The Balaban J connectivity index is 2.87. The fraction of sp³-hybridized carbons (Fsp3) is 0.100. The first kappa shape index (κ1) is 9.16. The number of nitrogens with zero attached hydrogens (tertiary/aromatic N) is 1. The summed E-state index contributed by atoms with van der Waals surface area (Å²) in [6.45, 7) is 1.99. The molecule has 0 aliphatic rings. The zero-order valence-electron chi connectivity index (χ0n) is 7.01. The summed E-state index contributed by atoms with van der Waals surface area (Å²) < 4.78 is 2.10. The molecule has 1 aromatic carbocycles. The largest absolute Gasteiger partial charge is 0.252 e. The number of hydrogen-bond donors (Lipinski definition) is 0. The van der Waals surface area contributed by atoms with Gasteiger partial charge in [-0.1, -0.05) is 22.0 Å². The Kier molecular flexibility index (Phi) is 2.39. The van der Waals surface area contributed by atoms with E-state index in [1.807, 2.05) is 19.1 Å². The minimum Gasteiger partial charge on any atom is -0.252 e. The maximum atomic E-state index is 4.45. The first-order valence-electron chi connectivity index (χ1n) is 3.89. The third kappa shape index (κ3) is 1.76. The van der Waals surface area contributed by atoms with Gasteiger partial charge in [0.1, 0.15) is 0 Å². The summed E-state index contributed by atoms with van der Waals surface area (Å²) in [5, 5.41) is 1.15. The molecule has 0 atom stereocenters. The topological polar surface area (TPSA) is 12.9 Å². The second kappa shape index (κ2) is 3.39. The quantitative estimate of drug-likeness (QED) is 0.715. The van der Waals surface area contributed by atoms with Gasteiger partial charge in [0.05, 0.1) is 5.52 Å². The highest BCUT2D eigenvalue weighted by Crippen LogP contribution is 2.26. The summed E-state index contributed by atoms with van der Waals surface area (Å²) in [5.41, 5.74) is 2.05. The molecule has 13 heavy (non-hydrogen) atoms. The zero-order chi connectivity index (χ0) is 9.42. The molecular formula is C10H7Br2N. The number of aromatic nitrogens is 1. The Hall–Kier alpha value is -0.410. The molecule has 66 valence electrons. The molecule has 0 N–H and O–H groups in total. The molecule has 2 rings (SSSR count). The first-order valence-corrected chi connectivity index (χ1v) is 5.48. The van der Waals surface area contributed by atoms with Crippen molar-refractivity contribution < 1.29 is 0 Å². The molecule has 1 heterocycles. The summed E-state index contributed by atoms with van der Waals surface area (Å²) in [6, 6.07) is 8.16. The normalized spacial score (nSPS) is 10.7. The van der Waals surface area contributed by atoms with Gasteiger partial charge in [0, 0.05) is 20.0 Å². The average molecular weight is 301 g/mol. The summed E-state index contributed by atoms with van der Waals surface area (Å²) in [6.07, 6.45) is 0. The average Bonchev–Trinajstić information content (AvgIpc) is 2.06. The predicted molar refractivity (Wildman–Crippen MR) is 61.9 cm³/mol. The first-order chi connectivity index (χ1) is 6.16. The molecule has 0 bridgehead atoms. The Labute approximate surface area is 93.4 Å². The maximum absolute atomic E-state index is 4.45. The zero-order valence-corrected chi connectivity index (χ0v) is 10.2. The summed E-state index contributed by atoms with van der Waals surface area (Å²) in [7, 11) is 0. The summed E-state index contributed by atoms with van der Waals surface area (Å²) >= 11 is 6.93. The van der Waals surface area contributed by atoms with Crippen molar-refractivity contribution in [2.24, 2.45) is 0 Å². The lowest BCUT2D eigenvalue weighted by Crippen LogP contribution is -1.84. The lowest BCUT2D eigenvalue weighted by Gasteiger charge is -2.01. The molecule has 1 aromatic heterocycles. The molecule has 1 nitrogen and oxygen atoms in total. The SMILES string of the molecule is Cc1ccc2cc(Br)cc(Br)c2n1.